The number of methoxy groups -OCH3 is 2. The minimum Gasteiger partial charge on any atom is -0.493 e. The lowest BCUT2D eigenvalue weighted by atomic mass is 10.0. The maximum Gasteiger partial charge on any atom is 0.275 e. The molecule has 1 amide bonds. The lowest BCUT2D eigenvalue weighted by Gasteiger charge is -2.15. The molecule has 0 spiro atoms. The average Bonchev–Trinajstić information content (AvgIpc) is 3.32. The van der Waals surface area contributed by atoms with Crippen molar-refractivity contribution in [2.75, 3.05) is 20.8 Å². The molecule has 0 aliphatic heterocycles. The van der Waals surface area contributed by atoms with Gasteiger partial charge < -0.3 is 20.1 Å². The Labute approximate surface area is 182 Å². The quantitative estimate of drug-likeness (QED) is 0.524. The van der Waals surface area contributed by atoms with E-state index in [-0.39, 0.29) is 11.9 Å². The van der Waals surface area contributed by atoms with Crippen LogP contribution in [0.5, 0.6) is 11.5 Å². The molecule has 1 heterocycles. The van der Waals surface area contributed by atoms with Crippen LogP contribution in [0.15, 0.2) is 60.0 Å². The Morgan fingerprint density at radius 3 is 2.40 bits per heavy atom. The number of quaternary nitrogens is 1. The van der Waals surface area contributed by atoms with Gasteiger partial charge in [0.25, 0.3) is 5.91 Å². The van der Waals surface area contributed by atoms with Gasteiger partial charge in [0.1, 0.15) is 6.04 Å². The van der Waals surface area contributed by atoms with Crippen LogP contribution < -0.4 is 20.1 Å². The number of amides is 1. The fourth-order valence-electron chi connectivity index (χ4n) is 3.33. The van der Waals surface area contributed by atoms with Crippen molar-refractivity contribution in [2.24, 2.45) is 0 Å². The first-order valence-corrected chi connectivity index (χ1v) is 11.0. The lowest BCUT2D eigenvalue weighted by Crippen LogP contribution is -2.87. The molecule has 6 heteroatoms. The van der Waals surface area contributed by atoms with E-state index in [1.807, 2.05) is 18.2 Å². The van der Waals surface area contributed by atoms with Crippen LogP contribution in [0, 0.1) is 0 Å². The van der Waals surface area contributed by atoms with Gasteiger partial charge in [-0.1, -0.05) is 43.3 Å². The average molecular weight is 426 g/mol. The highest BCUT2D eigenvalue weighted by Crippen LogP contribution is 2.27. The molecule has 2 aromatic carbocycles. The predicted molar refractivity (Wildman–Crippen MR) is 120 cm³/mol. The SMILES string of the molecule is CCc1ccc([C@H]([NH2+]CC(=O)NCc2ccc(OC)c(OC)c2)c2cccs2)cc1. The summed E-state index contributed by atoms with van der Waals surface area (Å²) in [6.07, 6.45) is 1.02. The Morgan fingerprint density at radius 2 is 1.77 bits per heavy atom. The van der Waals surface area contributed by atoms with Crippen LogP contribution in [0.4, 0.5) is 0 Å². The number of carbonyl (C=O) groups is 1. The summed E-state index contributed by atoms with van der Waals surface area (Å²) >= 11 is 1.72. The molecule has 0 radical (unpaired) electrons. The zero-order valence-corrected chi connectivity index (χ0v) is 18.5. The number of benzene rings is 2. The molecule has 30 heavy (non-hydrogen) atoms. The van der Waals surface area contributed by atoms with E-state index >= 15 is 0 Å². The summed E-state index contributed by atoms with van der Waals surface area (Å²) < 4.78 is 10.6. The molecule has 0 aliphatic carbocycles. The van der Waals surface area contributed by atoms with Gasteiger partial charge in [-0.25, -0.2) is 0 Å². The predicted octanol–water partition coefficient (Wildman–Crippen LogP) is 3.30. The van der Waals surface area contributed by atoms with Gasteiger partial charge in [0.2, 0.25) is 0 Å². The molecule has 3 aromatic rings. The van der Waals surface area contributed by atoms with Crippen molar-refractivity contribution in [1.29, 1.82) is 0 Å². The Kier molecular flexibility index (Phi) is 7.88. The van der Waals surface area contributed by atoms with Crippen LogP contribution in [0.1, 0.15) is 34.5 Å². The number of rotatable bonds is 10. The molecule has 0 saturated heterocycles. The first-order chi connectivity index (χ1) is 14.6. The Bertz CT molecular complexity index is 940. The fraction of sp³-hybridized carbons (Fsp3) is 0.292. The van der Waals surface area contributed by atoms with Crippen LogP contribution in [-0.4, -0.2) is 26.7 Å². The molecule has 0 saturated carbocycles. The summed E-state index contributed by atoms with van der Waals surface area (Å²) in [5, 5.41) is 7.17. The standard InChI is InChI=1S/C24H28N2O3S/c1-4-17-7-10-19(11-8-17)24(22-6-5-13-30-22)26-16-23(27)25-15-18-9-12-20(28-2)21(14-18)29-3/h5-14,24,26H,4,15-16H2,1-3H3,(H,25,27)/p+1/t24-/m0/s1. The van der Waals surface area contributed by atoms with Gasteiger partial charge in [-0.15, -0.1) is 11.3 Å². The van der Waals surface area contributed by atoms with E-state index in [0.717, 1.165) is 12.0 Å². The van der Waals surface area contributed by atoms with E-state index in [1.165, 1.54) is 16.0 Å². The number of aryl methyl sites for hydroxylation is 1. The third-order valence-corrected chi connectivity index (χ3v) is 6.03. The van der Waals surface area contributed by atoms with Crippen molar-refractivity contribution >= 4 is 17.2 Å². The number of carbonyl (C=O) groups excluding carboxylic acids is 1. The Hall–Kier alpha value is -2.83. The third kappa shape index (κ3) is 5.62. The van der Waals surface area contributed by atoms with Gasteiger partial charge in [-0.3, -0.25) is 4.79 Å². The molecule has 0 unspecified atom stereocenters. The Balaban J connectivity index is 1.60. The molecule has 1 atom stereocenters. The van der Waals surface area contributed by atoms with E-state index in [0.29, 0.717) is 24.6 Å². The highest BCUT2D eigenvalue weighted by Gasteiger charge is 2.20. The minimum atomic E-state index is -0.00322. The van der Waals surface area contributed by atoms with E-state index in [2.05, 4.69) is 59.3 Å². The normalized spacial score (nSPS) is 11.7. The summed E-state index contributed by atoms with van der Waals surface area (Å²) in [5.41, 5.74) is 3.49. The summed E-state index contributed by atoms with van der Waals surface area (Å²) in [4.78, 5) is 13.7. The summed E-state index contributed by atoms with van der Waals surface area (Å²) in [6.45, 7) is 2.95. The van der Waals surface area contributed by atoms with Gasteiger partial charge in [0.15, 0.2) is 18.0 Å². The molecular formula is C24H29N2O3S+. The van der Waals surface area contributed by atoms with Crippen LogP contribution in [0.3, 0.4) is 0 Å². The molecule has 0 bridgehead atoms. The van der Waals surface area contributed by atoms with Crippen molar-refractivity contribution < 1.29 is 19.6 Å². The first kappa shape index (κ1) is 21.9. The van der Waals surface area contributed by atoms with E-state index in [4.69, 9.17) is 9.47 Å². The zero-order valence-electron chi connectivity index (χ0n) is 17.7. The maximum atomic E-state index is 12.5. The van der Waals surface area contributed by atoms with Gasteiger partial charge in [-0.2, -0.15) is 0 Å². The van der Waals surface area contributed by atoms with Crippen molar-refractivity contribution in [1.82, 2.24) is 5.32 Å². The van der Waals surface area contributed by atoms with Gasteiger partial charge in [0.05, 0.1) is 19.1 Å². The van der Waals surface area contributed by atoms with Crippen molar-refractivity contribution in [3.8, 4) is 11.5 Å². The molecule has 1 aromatic heterocycles. The topological polar surface area (TPSA) is 64.2 Å². The monoisotopic (exact) mass is 425 g/mol. The van der Waals surface area contributed by atoms with Crippen molar-refractivity contribution in [2.45, 2.75) is 25.9 Å². The molecule has 158 valence electrons. The Morgan fingerprint density at radius 1 is 1.03 bits per heavy atom. The number of nitrogens with two attached hydrogens (primary N) is 1. The van der Waals surface area contributed by atoms with E-state index < -0.39 is 0 Å². The van der Waals surface area contributed by atoms with Crippen LogP contribution in [0.25, 0.3) is 0 Å². The minimum absolute atomic E-state index is 0.00322. The number of hydrogen-bond donors (Lipinski definition) is 2. The third-order valence-electron chi connectivity index (χ3n) is 5.07. The highest BCUT2D eigenvalue weighted by molar-refractivity contribution is 7.10. The number of ether oxygens (including phenoxy) is 2. The number of hydrogen-bond acceptors (Lipinski definition) is 4. The molecule has 0 fully saturated rings. The number of thiophene rings is 1. The zero-order chi connectivity index (χ0) is 21.3. The summed E-state index contributed by atoms with van der Waals surface area (Å²) in [7, 11) is 3.21. The van der Waals surface area contributed by atoms with E-state index in [9.17, 15) is 4.79 Å². The first-order valence-electron chi connectivity index (χ1n) is 10.1. The number of nitrogens with one attached hydrogen (secondary N) is 1. The molecule has 3 N–H and O–H groups in total. The van der Waals surface area contributed by atoms with Crippen LogP contribution in [-0.2, 0) is 17.8 Å². The van der Waals surface area contributed by atoms with Gasteiger partial charge >= 0.3 is 0 Å². The second kappa shape index (κ2) is 10.8. The summed E-state index contributed by atoms with van der Waals surface area (Å²) in [6, 6.07) is 18.6. The molecular weight excluding hydrogens is 396 g/mol. The van der Waals surface area contributed by atoms with Crippen molar-refractivity contribution in [3.05, 3.63) is 81.5 Å². The van der Waals surface area contributed by atoms with E-state index in [1.54, 1.807) is 25.6 Å². The maximum absolute atomic E-state index is 12.5. The van der Waals surface area contributed by atoms with Gasteiger partial charge in [0, 0.05) is 12.1 Å². The van der Waals surface area contributed by atoms with Crippen LogP contribution >= 0.6 is 11.3 Å². The highest BCUT2D eigenvalue weighted by atomic mass is 32.1. The van der Waals surface area contributed by atoms with Gasteiger partial charge in [-0.05, 0) is 41.1 Å². The molecule has 3 rings (SSSR count). The second-order valence-electron chi connectivity index (χ2n) is 6.99. The molecule has 5 nitrogen and oxygen atoms in total. The van der Waals surface area contributed by atoms with Crippen molar-refractivity contribution in [3.63, 3.8) is 0 Å². The lowest BCUT2D eigenvalue weighted by molar-refractivity contribution is -0.676. The smallest absolute Gasteiger partial charge is 0.275 e. The molecule has 0 aliphatic rings. The fourth-order valence-corrected chi connectivity index (χ4v) is 4.18. The summed E-state index contributed by atoms with van der Waals surface area (Å²) in [5.74, 6) is 1.33. The largest absolute Gasteiger partial charge is 0.493 e. The van der Waals surface area contributed by atoms with Crippen LogP contribution in [0.2, 0.25) is 0 Å². The second-order valence-corrected chi connectivity index (χ2v) is 7.97.